The average Bonchev–Trinajstić information content (AvgIpc) is 2.78. The third kappa shape index (κ3) is 5.37. The van der Waals surface area contributed by atoms with E-state index in [0.717, 1.165) is 37.3 Å². The molecule has 0 saturated carbocycles. The van der Waals surface area contributed by atoms with E-state index in [4.69, 9.17) is 10.5 Å². The lowest BCUT2D eigenvalue weighted by Gasteiger charge is -2.41. The molecule has 0 radical (unpaired) electrons. The largest absolute Gasteiger partial charge is 0.493 e. The second kappa shape index (κ2) is 10.2. The van der Waals surface area contributed by atoms with Crippen LogP contribution in [0, 0.1) is 17.5 Å². The highest BCUT2D eigenvalue weighted by Crippen LogP contribution is 2.37. The summed E-state index contributed by atoms with van der Waals surface area (Å²) in [5, 5.41) is 0.249. The van der Waals surface area contributed by atoms with Crippen molar-refractivity contribution in [3.05, 3.63) is 75.3 Å². The lowest BCUT2D eigenvalue weighted by molar-refractivity contribution is -0.247. The Morgan fingerprint density at radius 3 is 2.31 bits per heavy atom. The van der Waals surface area contributed by atoms with E-state index < -0.39 is 64.3 Å². The van der Waals surface area contributed by atoms with Gasteiger partial charge >= 0.3 is 12.1 Å². The normalized spacial score (nSPS) is 16.6. The Morgan fingerprint density at radius 2 is 1.74 bits per heavy atom. The van der Waals surface area contributed by atoms with Crippen LogP contribution in [0.4, 0.5) is 32.0 Å². The van der Waals surface area contributed by atoms with Crippen molar-refractivity contribution in [2.45, 2.75) is 32.4 Å². The number of hydrogen-bond donors (Lipinski definition) is 1. The van der Waals surface area contributed by atoms with E-state index in [2.05, 4.69) is 20.8 Å². The molecule has 2 N–H and O–H groups in total. The van der Waals surface area contributed by atoms with Gasteiger partial charge in [0.2, 0.25) is 5.88 Å². The van der Waals surface area contributed by atoms with Crippen molar-refractivity contribution in [2.24, 2.45) is 5.73 Å². The van der Waals surface area contributed by atoms with E-state index in [1.54, 1.807) is 0 Å². The van der Waals surface area contributed by atoms with Gasteiger partial charge in [-0.15, -0.1) is 5.06 Å². The maximum Gasteiger partial charge on any atom is 0.493 e. The van der Waals surface area contributed by atoms with E-state index in [9.17, 15) is 35.9 Å². The molecule has 1 heterocycles. The third-order valence-electron chi connectivity index (χ3n) is 4.85. The van der Waals surface area contributed by atoms with Crippen LogP contribution in [-0.4, -0.2) is 29.3 Å². The molecule has 1 amide bonds. The van der Waals surface area contributed by atoms with Gasteiger partial charge in [0, 0.05) is 6.54 Å². The number of nitrogens with zero attached hydrogens (tertiary/aromatic N) is 2. The number of hydrogen-bond acceptors (Lipinski definition) is 6. The highest BCUT2D eigenvalue weighted by atomic mass is 79.9. The van der Waals surface area contributed by atoms with Crippen LogP contribution < -0.4 is 10.6 Å². The predicted molar refractivity (Wildman–Crippen MR) is 112 cm³/mol. The summed E-state index contributed by atoms with van der Waals surface area (Å²) in [5.41, 5.74) is 5.29. The van der Waals surface area contributed by atoms with Crippen molar-refractivity contribution >= 4 is 33.5 Å². The molecule has 1 aliphatic heterocycles. The van der Waals surface area contributed by atoms with Crippen LogP contribution in [0.1, 0.15) is 18.1 Å². The molecule has 3 rings (SSSR count). The first kappa shape index (κ1) is 26.3. The molecule has 2 aromatic carbocycles. The summed E-state index contributed by atoms with van der Waals surface area (Å²) < 4.78 is 86.0. The molecule has 2 aromatic rings. The van der Waals surface area contributed by atoms with Gasteiger partial charge in [0.25, 0.3) is 5.91 Å². The van der Waals surface area contributed by atoms with Gasteiger partial charge in [-0.2, -0.15) is 13.2 Å². The van der Waals surface area contributed by atoms with Crippen LogP contribution in [0.2, 0.25) is 0 Å². The van der Waals surface area contributed by atoms with E-state index >= 15 is 0 Å². The standard InChI is InChI=1S/C21H16BrF6N3O4/c1-10-30(17-14(24)3-2-4-15(17)25)18(32)16(22)19(31(10)35-20(33)21(26,27)28)34-9-11-5-6-13(23)7-12(11)8-29/h2-7,10H,8-9,29H2,1H3. The summed E-state index contributed by atoms with van der Waals surface area (Å²) >= 11 is 2.86. The van der Waals surface area contributed by atoms with Crippen LogP contribution >= 0.6 is 15.9 Å². The first-order chi connectivity index (χ1) is 16.4. The fourth-order valence-electron chi connectivity index (χ4n) is 3.20. The Bertz CT molecular complexity index is 1170. The number of benzene rings is 2. The smallest absolute Gasteiger partial charge is 0.471 e. The van der Waals surface area contributed by atoms with Gasteiger partial charge in [0.05, 0.1) is 0 Å². The molecule has 188 valence electrons. The average molecular weight is 568 g/mol. The van der Waals surface area contributed by atoms with Gasteiger partial charge in [-0.1, -0.05) is 12.1 Å². The van der Waals surface area contributed by atoms with E-state index in [1.165, 1.54) is 6.07 Å². The van der Waals surface area contributed by atoms with Gasteiger partial charge in [0.15, 0.2) is 0 Å². The lowest BCUT2D eigenvalue weighted by atomic mass is 10.1. The van der Waals surface area contributed by atoms with Crippen LogP contribution in [0.15, 0.2) is 46.8 Å². The number of halogens is 7. The van der Waals surface area contributed by atoms with Crippen molar-refractivity contribution in [1.29, 1.82) is 0 Å². The Kier molecular flexibility index (Phi) is 7.65. The molecular formula is C21H16BrF6N3O4. The molecule has 7 nitrogen and oxygen atoms in total. The van der Waals surface area contributed by atoms with Crippen molar-refractivity contribution in [3.63, 3.8) is 0 Å². The van der Waals surface area contributed by atoms with Crippen LogP contribution in [0.25, 0.3) is 0 Å². The Labute approximate surface area is 202 Å². The minimum absolute atomic E-state index is 0.112. The molecule has 14 heteroatoms. The molecule has 0 aromatic heterocycles. The number of amides is 1. The molecule has 0 saturated heterocycles. The summed E-state index contributed by atoms with van der Waals surface area (Å²) in [7, 11) is 0. The zero-order valence-corrected chi connectivity index (χ0v) is 19.3. The molecule has 0 fully saturated rings. The number of nitrogens with two attached hydrogens (primary N) is 1. The number of alkyl halides is 3. The van der Waals surface area contributed by atoms with Crippen molar-refractivity contribution in [2.75, 3.05) is 4.90 Å². The number of hydroxylamine groups is 2. The molecular weight excluding hydrogens is 552 g/mol. The number of carbonyl (C=O) groups is 2. The van der Waals surface area contributed by atoms with Gasteiger partial charge in [-0.25, -0.2) is 18.0 Å². The summed E-state index contributed by atoms with van der Waals surface area (Å²) in [6.07, 6.45) is -7.14. The number of rotatable bonds is 6. The van der Waals surface area contributed by atoms with Gasteiger partial charge in [-0.3, -0.25) is 9.69 Å². The van der Waals surface area contributed by atoms with Gasteiger partial charge < -0.3 is 15.3 Å². The number of carbonyl (C=O) groups excluding carboxylic acids is 2. The maximum atomic E-state index is 14.4. The van der Waals surface area contributed by atoms with Gasteiger partial charge in [-0.05, 0) is 58.2 Å². The predicted octanol–water partition coefficient (Wildman–Crippen LogP) is 4.36. The second-order valence-electron chi connectivity index (χ2n) is 7.10. The highest BCUT2D eigenvalue weighted by molar-refractivity contribution is 9.12. The molecule has 0 spiro atoms. The third-order valence-corrected chi connectivity index (χ3v) is 5.53. The Morgan fingerprint density at radius 1 is 1.11 bits per heavy atom. The van der Waals surface area contributed by atoms with Crippen molar-refractivity contribution in [1.82, 2.24) is 5.06 Å². The van der Waals surface area contributed by atoms with Crippen molar-refractivity contribution < 1.29 is 45.5 Å². The SMILES string of the molecule is CC1N(OC(=O)C(F)(F)F)C(OCc2ccc(F)cc2CN)=C(Br)C(=O)N1c1c(F)cccc1F. The van der Waals surface area contributed by atoms with E-state index in [-0.39, 0.29) is 11.6 Å². The molecule has 0 aliphatic carbocycles. The zero-order chi connectivity index (χ0) is 26.1. The van der Waals surface area contributed by atoms with E-state index in [1.807, 2.05) is 0 Å². The minimum atomic E-state index is -5.45. The summed E-state index contributed by atoms with van der Waals surface area (Å²) in [4.78, 5) is 29.5. The van der Waals surface area contributed by atoms with Crippen LogP contribution in [-0.2, 0) is 32.3 Å². The van der Waals surface area contributed by atoms with Crippen LogP contribution in [0.5, 0.6) is 0 Å². The Balaban J connectivity index is 2.06. The topological polar surface area (TPSA) is 85.1 Å². The fourth-order valence-corrected chi connectivity index (χ4v) is 3.68. The zero-order valence-electron chi connectivity index (χ0n) is 17.7. The molecule has 0 bridgehead atoms. The summed E-state index contributed by atoms with van der Waals surface area (Å²) in [6, 6.07) is 6.17. The number of ether oxygens (including phenoxy) is 1. The number of anilines is 1. The molecule has 1 atom stereocenters. The second-order valence-corrected chi connectivity index (χ2v) is 7.90. The highest BCUT2D eigenvalue weighted by Gasteiger charge is 2.48. The quantitative estimate of drug-likeness (QED) is 0.522. The summed E-state index contributed by atoms with van der Waals surface area (Å²) in [6.45, 7) is 0.504. The van der Waals surface area contributed by atoms with E-state index in [0.29, 0.717) is 16.0 Å². The first-order valence-electron chi connectivity index (χ1n) is 9.72. The van der Waals surface area contributed by atoms with Gasteiger partial charge in [0.1, 0.15) is 40.4 Å². The fraction of sp³-hybridized carbons (Fsp3) is 0.238. The number of para-hydroxylation sites is 1. The monoisotopic (exact) mass is 567 g/mol. The molecule has 35 heavy (non-hydrogen) atoms. The molecule has 1 unspecified atom stereocenters. The lowest BCUT2D eigenvalue weighted by Crippen LogP contribution is -2.55. The summed E-state index contributed by atoms with van der Waals surface area (Å²) in [5.74, 6) is -7.47. The van der Waals surface area contributed by atoms with Crippen LogP contribution in [0.3, 0.4) is 0 Å². The first-order valence-corrected chi connectivity index (χ1v) is 10.5. The Hall–Kier alpha value is -3.26. The maximum absolute atomic E-state index is 14.4. The van der Waals surface area contributed by atoms with Crippen molar-refractivity contribution in [3.8, 4) is 0 Å². The minimum Gasteiger partial charge on any atom is -0.471 e. The molecule has 1 aliphatic rings.